The topological polar surface area (TPSA) is 22.1 Å². The SMILES string of the molecule is Fc1ccc(Cl)nc1Oc1ccccc1. The van der Waals surface area contributed by atoms with Gasteiger partial charge in [0.2, 0.25) is 0 Å². The smallest absolute Gasteiger partial charge is 0.257 e. The second kappa shape index (κ2) is 4.28. The van der Waals surface area contributed by atoms with E-state index in [-0.39, 0.29) is 11.0 Å². The van der Waals surface area contributed by atoms with E-state index in [1.165, 1.54) is 12.1 Å². The second-order valence-corrected chi connectivity index (χ2v) is 3.22. The number of para-hydroxylation sites is 1. The Labute approximate surface area is 91.3 Å². The zero-order valence-corrected chi connectivity index (χ0v) is 8.41. The lowest BCUT2D eigenvalue weighted by atomic mass is 10.3. The van der Waals surface area contributed by atoms with Gasteiger partial charge in [-0.2, -0.15) is 4.98 Å². The highest BCUT2D eigenvalue weighted by Crippen LogP contribution is 2.23. The Hall–Kier alpha value is -1.61. The number of hydrogen-bond acceptors (Lipinski definition) is 2. The minimum absolute atomic E-state index is 0.117. The van der Waals surface area contributed by atoms with Crippen LogP contribution in [0.2, 0.25) is 5.15 Å². The monoisotopic (exact) mass is 223 g/mol. The van der Waals surface area contributed by atoms with Crippen LogP contribution in [0.1, 0.15) is 0 Å². The van der Waals surface area contributed by atoms with Crippen molar-refractivity contribution >= 4 is 11.6 Å². The van der Waals surface area contributed by atoms with Crippen LogP contribution >= 0.6 is 11.6 Å². The second-order valence-electron chi connectivity index (χ2n) is 2.84. The summed E-state index contributed by atoms with van der Waals surface area (Å²) < 4.78 is 18.4. The fourth-order valence-corrected chi connectivity index (χ4v) is 1.21. The predicted molar refractivity (Wildman–Crippen MR) is 55.7 cm³/mol. The van der Waals surface area contributed by atoms with Crippen LogP contribution in [-0.4, -0.2) is 4.98 Å². The fourth-order valence-electron chi connectivity index (χ4n) is 1.07. The molecule has 0 bridgehead atoms. The lowest BCUT2D eigenvalue weighted by Crippen LogP contribution is -1.91. The Morgan fingerprint density at radius 2 is 1.80 bits per heavy atom. The van der Waals surface area contributed by atoms with Crippen molar-refractivity contribution in [2.75, 3.05) is 0 Å². The quantitative estimate of drug-likeness (QED) is 0.725. The van der Waals surface area contributed by atoms with Crippen molar-refractivity contribution in [2.45, 2.75) is 0 Å². The molecule has 0 N–H and O–H groups in total. The van der Waals surface area contributed by atoms with E-state index in [2.05, 4.69) is 4.98 Å². The van der Waals surface area contributed by atoms with E-state index in [9.17, 15) is 4.39 Å². The minimum Gasteiger partial charge on any atom is -0.436 e. The van der Waals surface area contributed by atoms with Crippen LogP contribution in [0.15, 0.2) is 42.5 Å². The van der Waals surface area contributed by atoms with Crippen molar-refractivity contribution in [2.24, 2.45) is 0 Å². The van der Waals surface area contributed by atoms with Gasteiger partial charge in [0, 0.05) is 0 Å². The van der Waals surface area contributed by atoms with Gasteiger partial charge in [-0.15, -0.1) is 0 Å². The number of benzene rings is 1. The molecule has 2 nitrogen and oxygen atoms in total. The standard InChI is InChI=1S/C11H7ClFNO/c12-10-7-6-9(13)11(14-10)15-8-4-2-1-3-5-8/h1-7H. The van der Waals surface area contributed by atoms with Crippen LogP contribution in [0.5, 0.6) is 11.6 Å². The highest BCUT2D eigenvalue weighted by molar-refractivity contribution is 6.29. The minimum atomic E-state index is -0.539. The largest absolute Gasteiger partial charge is 0.436 e. The van der Waals surface area contributed by atoms with Gasteiger partial charge in [-0.1, -0.05) is 29.8 Å². The van der Waals surface area contributed by atoms with E-state index >= 15 is 0 Å². The first-order valence-corrected chi connectivity index (χ1v) is 4.68. The first-order chi connectivity index (χ1) is 7.25. The molecule has 2 aromatic rings. The maximum Gasteiger partial charge on any atom is 0.257 e. The number of rotatable bonds is 2. The average molecular weight is 224 g/mol. The summed E-state index contributed by atoms with van der Waals surface area (Å²) in [5, 5.41) is 0.197. The van der Waals surface area contributed by atoms with E-state index in [1.54, 1.807) is 24.3 Å². The van der Waals surface area contributed by atoms with Crippen molar-refractivity contribution in [3.8, 4) is 11.6 Å². The van der Waals surface area contributed by atoms with Gasteiger partial charge in [-0.3, -0.25) is 0 Å². The molecule has 0 aliphatic heterocycles. The summed E-state index contributed by atoms with van der Waals surface area (Å²) in [5.41, 5.74) is 0. The number of nitrogens with zero attached hydrogens (tertiary/aromatic N) is 1. The van der Waals surface area contributed by atoms with Crippen molar-refractivity contribution in [3.05, 3.63) is 53.4 Å². The molecule has 0 aliphatic carbocycles. The molecule has 1 heterocycles. The summed E-state index contributed by atoms with van der Waals surface area (Å²) in [5.74, 6) is -0.136. The van der Waals surface area contributed by atoms with Gasteiger partial charge in [0.25, 0.3) is 5.88 Å². The third-order valence-electron chi connectivity index (χ3n) is 1.74. The summed E-state index contributed by atoms with van der Waals surface area (Å²) in [6.07, 6.45) is 0. The Morgan fingerprint density at radius 1 is 1.07 bits per heavy atom. The molecule has 2 rings (SSSR count). The molecule has 0 unspecified atom stereocenters. The molecule has 0 atom stereocenters. The highest BCUT2D eigenvalue weighted by Gasteiger charge is 2.06. The Bertz CT molecular complexity index is 461. The molecule has 0 radical (unpaired) electrons. The third-order valence-corrected chi connectivity index (χ3v) is 1.95. The number of ether oxygens (including phenoxy) is 1. The van der Waals surface area contributed by atoms with Crippen molar-refractivity contribution in [1.82, 2.24) is 4.98 Å². The summed E-state index contributed by atoms with van der Waals surface area (Å²) >= 11 is 5.63. The Kier molecular flexibility index (Phi) is 2.83. The zero-order valence-electron chi connectivity index (χ0n) is 7.65. The molecule has 0 saturated heterocycles. The molecule has 4 heteroatoms. The van der Waals surface area contributed by atoms with Crippen LogP contribution in [0.25, 0.3) is 0 Å². The van der Waals surface area contributed by atoms with Crippen LogP contribution in [-0.2, 0) is 0 Å². The van der Waals surface area contributed by atoms with Gasteiger partial charge in [0.1, 0.15) is 10.9 Å². The molecule has 0 amide bonds. The lowest BCUT2D eigenvalue weighted by Gasteiger charge is -2.04. The van der Waals surface area contributed by atoms with Crippen LogP contribution < -0.4 is 4.74 Å². The summed E-state index contributed by atoms with van der Waals surface area (Å²) in [6, 6.07) is 11.4. The molecule has 0 spiro atoms. The molecule has 1 aromatic heterocycles. The molecule has 76 valence electrons. The maximum absolute atomic E-state index is 13.2. The van der Waals surface area contributed by atoms with Crippen molar-refractivity contribution < 1.29 is 9.13 Å². The van der Waals surface area contributed by atoms with E-state index in [1.807, 2.05) is 6.07 Å². The number of hydrogen-bond donors (Lipinski definition) is 0. The normalized spacial score (nSPS) is 10.0. The average Bonchev–Trinajstić information content (AvgIpc) is 2.25. The number of halogens is 2. The van der Waals surface area contributed by atoms with Crippen LogP contribution in [0.4, 0.5) is 4.39 Å². The van der Waals surface area contributed by atoms with Crippen LogP contribution in [0.3, 0.4) is 0 Å². The predicted octanol–water partition coefficient (Wildman–Crippen LogP) is 3.67. The van der Waals surface area contributed by atoms with Gasteiger partial charge in [-0.05, 0) is 24.3 Å². The molecule has 0 saturated carbocycles. The van der Waals surface area contributed by atoms with Crippen molar-refractivity contribution in [3.63, 3.8) is 0 Å². The Morgan fingerprint density at radius 3 is 2.53 bits per heavy atom. The number of pyridine rings is 1. The first-order valence-electron chi connectivity index (χ1n) is 4.30. The van der Waals surface area contributed by atoms with E-state index < -0.39 is 5.82 Å². The van der Waals surface area contributed by atoms with Crippen molar-refractivity contribution in [1.29, 1.82) is 0 Å². The fraction of sp³-hybridized carbons (Fsp3) is 0. The van der Waals surface area contributed by atoms with E-state index in [0.29, 0.717) is 5.75 Å². The molecular weight excluding hydrogens is 217 g/mol. The lowest BCUT2D eigenvalue weighted by molar-refractivity contribution is 0.423. The first kappa shape index (κ1) is 9.93. The van der Waals surface area contributed by atoms with Gasteiger partial charge in [0.05, 0.1) is 0 Å². The number of aromatic nitrogens is 1. The summed E-state index contributed by atoms with van der Waals surface area (Å²) in [4.78, 5) is 3.74. The van der Waals surface area contributed by atoms with E-state index in [0.717, 1.165) is 0 Å². The Balaban J connectivity index is 2.28. The van der Waals surface area contributed by atoms with Gasteiger partial charge < -0.3 is 4.74 Å². The van der Waals surface area contributed by atoms with Gasteiger partial charge in [0.15, 0.2) is 5.82 Å². The third kappa shape index (κ3) is 2.44. The molecule has 0 aliphatic rings. The zero-order chi connectivity index (χ0) is 10.7. The van der Waals surface area contributed by atoms with Gasteiger partial charge in [-0.25, -0.2) is 4.39 Å². The molecule has 1 aromatic carbocycles. The summed E-state index contributed by atoms with van der Waals surface area (Å²) in [6.45, 7) is 0. The maximum atomic E-state index is 13.2. The molecular formula is C11H7ClFNO. The van der Waals surface area contributed by atoms with Crippen LogP contribution in [0, 0.1) is 5.82 Å². The molecule has 0 fully saturated rings. The van der Waals surface area contributed by atoms with E-state index in [4.69, 9.17) is 16.3 Å². The summed E-state index contributed by atoms with van der Waals surface area (Å²) in [7, 11) is 0. The van der Waals surface area contributed by atoms with Gasteiger partial charge >= 0.3 is 0 Å². The molecule has 15 heavy (non-hydrogen) atoms. The highest BCUT2D eigenvalue weighted by atomic mass is 35.5.